The van der Waals surface area contributed by atoms with Gasteiger partial charge in [-0.3, -0.25) is 0 Å². The van der Waals surface area contributed by atoms with E-state index in [1.807, 2.05) is 79.9 Å². The minimum Gasteiger partial charge on any atom is -0.443 e. The fourth-order valence-electron chi connectivity index (χ4n) is 7.62. The molecule has 0 radical (unpaired) electrons. The number of fused-ring (bicyclic) bond motifs is 1. The van der Waals surface area contributed by atoms with Crippen LogP contribution in [0, 0.1) is 5.82 Å². The zero-order valence-corrected chi connectivity index (χ0v) is 38.0. The van der Waals surface area contributed by atoms with Crippen molar-refractivity contribution in [2.45, 2.75) is 77.7 Å². The molecule has 2 heterocycles. The molecule has 0 saturated carbocycles. The SMILES string of the molecule is CCc1cc(Cl)c(F)c(C(Nc2ccc3c(N(C(=O)OC(C)(C)C)C(=O)OC(C)(C)C)nccc3c2)c2nc(Br)cn2C(c2ccccc2)(c2ccccc2)c2ccccc2)c1. The number of nitrogens with zero attached hydrogens (tertiary/aromatic N) is 4. The number of hydrogen-bond acceptors (Lipinski definition) is 7. The number of nitrogens with one attached hydrogen (secondary N) is 1. The highest BCUT2D eigenvalue weighted by Gasteiger charge is 2.42. The van der Waals surface area contributed by atoms with E-state index in [1.54, 1.807) is 65.8 Å². The van der Waals surface area contributed by atoms with Gasteiger partial charge in [0, 0.05) is 29.0 Å². The molecule has 0 bridgehead atoms. The van der Waals surface area contributed by atoms with Crippen LogP contribution in [0.1, 0.15) is 88.1 Å². The number of imidazole rings is 1. The quantitative estimate of drug-likeness (QED) is 0.136. The van der Waals surface area contributed by atoms with Gasteiger partial charge in [0.1, 0.15) is 39.0 Å². The molecule has 0 fully saturated rings. The van der Waals surface area contributed by atoms with Gasteiger partial charge in [0.15, 0.2) is 5.82 Å². The van der Waals surface area contributed by atoms with Crippen LogP contribution < -0.4 is 10.2 Å². The zero-order chi connectivity index (χ0) is 44.4. The molecule has 2 aromatic heterocycles. The Kier molecular flexibility index (Phi) is 12.6. The summed E-state index contributed by atoms with van der Waals surface area (Å²) in [7, 11) is 0. The molecule has 5 aromatic carbocycles. The van der Waals surface area contributed by atoms with Crippen molar-refractivity contribution >= 4 is 62.0 Å². The number of rotatable bonds is 10. The van der Waals surface area contributed by atoms with E-state index in [0.29, 0.717) is 33.3 Å². The second-order valence-electron chi connectivity index (χ2n) is 16.9. The van der Waals surface area contributed by atoms with E-state index >= 15 is 4.39 Å². The highest BCUT2D eigenvalue weighted by atomic mass is 79.9. The van der Waals surface area contributed by atoms with Crippen LogP contribution in [0.2, 0.25) is 5.02 Å². The monoisotopic (exact) mass is 915 g/mol. The normalized spacial score (nSPS) is 12.5. The number of carbonyl (C=O) groups excluding carboxylic acids is 2. The Labute approximate surface area is 375 Å². The Morgan fingerprint density at radius 3 is 1.82 bits per heavy atom. The predicted molar refractivity (Wildman–Crippen MR) is 247 cm³/mol. The van der Waals surface area contributed by atoms with Gasteiger partial charge in [0.05, 0.1) is 5.02 Å². The summed E-state index contributed by atoms with van der Waals surface area (Å²) in [6.07, 6.45) is 2.17. The number of ether oxygens (including phenoxy) is 2. The highest BCUT2D eigenvalue weighted by molar-refractivity contribution is 9.10. The fourth-order valence-corrected chi connectivity index (χ4v) is 8.25. The van der Waals surface area contributed by atoms with E-state index in [-0.39, 0.29) is 16.4 Å². The van der Waals surface area contributed by atoms with Gasteiger partial charge in [-0.2, -0.15) is 4.90 Å². The van der Waals surface area contributed by atoms with E-state index < -0.39 is 40.8 Å². The minimum atomic E-state index is -1.00. The largest absolute Gasteiger partial charge is 0.443 e. The summed E-state index contributed by atoms with van der Waals surface area (Å²) >= 11 is 10.4. The zero-order valence-electron chi connectivity index (χ0n) is 35.6. The van der Waals surface area contributed by atoms with Crippen LogP contribution in [0.4, 0.5) is 25.5 Å². The molecule has 62 heavy (non-hydrogen) atoms. The topological polar surface area (TPSA) is 98.6 Å². The van der Waals surface area contributed by atoms with Gasteiger partial charge in [0.2, 0.25) is 0 Å². The first-order valence-electron chi connectivity index (χ1n) is 20.3. The lowest BCUT2D eigenvalue weighted by atomic mass is 9.76. The average Bonchev–Trinajstić information content (AvgIpc) is 3.62. The lowest BCUT2D eigenvalue weighted by molar-refractivity contribution is 0.0429. The first kappa shape index (κ1) is 44.0. The number of anilines is 2. The average molecular weight is 917 g/mol. The van der Waals surface area contributed by atoms with Crippen molar-refractivity contribution in [3.05, 3.63) is 189 Å². The van der Waals surface area contributed by atoms with Gasteiger partial charge in [-0.05, 0) is 122 Å². The van der Waals surface area contributed by atoms with Crippen molar-refractivity contribution in [1.82, 2.24) is 14.5 Å². The van der Waals surface area contributed by atoms with Crippen LogP contribution in [0.3, 0.4) is 0 Å². The van der Waals surface area contributed by atoms with Gasteiger partial charge < -0.3 is 19.4 Å². The number of amides is 2. The van der Waals surface area contributed by atoms with Crippen molar-refractivity contribution < 1.29 is 23.5 Å². The van der Waals surface area contributed by atoms with Crippen molar-refractivity contribution in [2.24, 2.45) is 0 Å². The van der Waals surface area contributed by atoms with Gasteiger partial charge >= 0.3 is 12.2 Å². The number of carbonyl (C=O) groups is 2. The molecule has 12 heteroatoms. The summed E-state index contributed by atoms with van der Waals surface area (Å²) in [6, 6.07) is 40.2. The standard InChI is InChI=1S/C50H48BrClFN5O4/c1-8-32-28-39(42(53)40(52)29-32)43(55-37-24-25-38-33(30-37)26-27-54-44(38)58(46(59)61-48(2,3)4)47(60)62-49(5,6)7)45-56-41(51)31-57(45)50(34-18-12-9-13-19-34,35-20-14-10-15-21-35)36-22-16-11-17-23-36/h9-31,43,55H,8H2,1-7H3. The number of aryl methyl sites for hydroxylation is 1. The van der Waals surface area contributed by atoms with E-state index in [4.69, 9.17) is 26.1 Å². The molecule has 0 aliphatic heterocycles. The Morgan fingerprint density at radius 2 is 1.32 bits per heavy atom. The lowest BCUT2D eigenvalue weighted by Gasteiger charge is -2.39. The molecule has 0 spiro atoms. The predicted octanol–water partition coefficient (Wildman–Crippen LogP) is 13.3. The van der Waals surface area contributed by atoms with Crippen LogP contribution >= 0.6 is 27.5 Å². The summed E-state index contributed by atoms with van der Waals surface area (Å²) < 4.78 is 30.8. The van der Waals surface area contributed by atoms with Crippen LogP contribution in [0.15, 0.2) is 144 Å². The lowest BCUT2D eigenvalue weighted by Crippen LogP contribution is -2.44. The molecule has 318 valence electrons. The van der Waals surface area contributed by atoms with E-state index in [1.165, 1.54) is 6.20 Å². The first-order chi connectivity index (χ1) is 29.5. The van der Waals surface area contributed by atoms with Crippen LogP contribution in [0.5, 0.6) is 0 Å². The number of hydrogen-bond donors (Lipinski definition) is 1. The van der Waals surface area contributed by atoms with Crippen molar-refractivity contribution in [1.29, 1.82) is 0 Å². The van der Waals surface area contributed by atoms with Crippen molar-refractivity contribution in [3.63, 3.8) is 0 Å². The van der Waals surface area contributed by atoms with Gasteiger partial charge in [-0.25, -0.2) is 23.9 Å². The molecular formula is C50H48BrClFN5O4. The molecule has 7 aromatic rings. The third kappa shape index (κ3) is 9.10. The van der Waals surface area contributed by atoms with Crippen molar-refractivity contribution in [3.8, 4) is 0 Å². The van der Waals surface area contributed by atoms with E-state index in [0.717, 1.165) is 27.2 Å². The third-order valence-electron chi connectivity index (χ3n) is 10.2. The number of halogens is 3. The van der Waals surface area contributed by atoms with Crippen LogP contribution in [-0.4, -0.2) is 37.9 Å². The Balaban J connectivity index is 1.45. The second kappa shape index (κ2) is 17.7. The minimum absolute atomic E-state index is 0.0117. The number of imide groups is 1. The highest BCUT2D eigenvalue weighted by Crippen LogP contribution is 2.45. The maximum atomic E-state index is 16.8. The van der Waals surface area contributed by atoms with Crippen molar-refractivity contribution in [2.75, 3.05) is 10.2 Å². The molecule has 0 aliphatic carbocycles. The van der Waals surface area contributed by atoms with Gasteiger partial charge in [0.25, 0.3) is 0 Å². The number of aromatic nitrogens is 3. The Hall–Kier alpha value is -6.04. The second-order valence-corrected chi connectivity index (χ2v) is 18.1. The maximum Gasteiger partial charge on any atom is 0.425 e. The van der Waals surface area contributed by atoms with E-state index in [2.05, 4.69) is 67.2 Å². The molecule has 9 nitrogen and oxygen atoms in total. The molecule has 7 rings (SSSR count). The summed E-state index contributed by atoms with van der Waals surface area (Å²) in [6.45, 7) is 12.3. The maximum absolute atomic E-state index is 16.8. The van der Waals surface area contributed by atoms with Gasteiger partial charge in [-0.15, -0.1) is 0 Å². The Bertz CT molecular complexity index is 2590. The molecule has 0 aliphatic rings. The Morgan fingerprint density at radius 1 is 0.790 bits per heavy atom. The summed E-state index contributed by atoms with van der Waals surface area (Å²) in [5.41, 5.74) is 1.73. The first-order valence-corrected chi connectivity index (χ1v) is 21.5. The third-order valence-corrected chi connectivity index (χ3v) is 10.8. The molecule has 2 amide bonds. The van der Waals surface area contributed by atoms with Crippen LogP contribution in [0.25, 0.3) is 10.8 Å². The molecule has 1 N–H and O–H groups in total. The van der Waals surface area contributed by atoms with Crippen LogP contribution in [-0.2, 0) is 21.4 Å². The summed E-state index contributed by atoms with van der Waals surface area (Å²) in [5, 5.41) is 4.71. The smallest absolute Gasteiger partial charge is 0.425 e. The fraction of sp³-hybridized carbons (Fsp3) is 0.240. The molecule has 0 saturated heterocycles. The summed E-state index contributed by atoms with van der Waals surface area (Å²) in [4.78, 5) is 37.8. The molecular weight excluding hydrogens is 869 g/mol. The summed E-state index contributed by atoms with van der Waals surface area (Å²) in [5.74, 6) is -0.0805. The number of benzene rings is 5. The molecule has 1 atom stereocenters. The number of pyridine rings is 1. The van der Waals surface area contributed by atoms with Gasteiger partial charge in [-0.1, -0.05) is 116 Å². The molecule has 1 unspecified atom stereocenters. The van der Waals surface area contributed by atoms with E-state index in [9.17, 15) is 9.59 Å².